The van der Waals surface area contributed by atoms with Crippen LogP contribution in [0.2, 0.25) is 0 Å². The number of benzene rings is 1. The van der Waals surface area contributed by atoms with Crippen LogP contribution in [0.4, 0.5) is 23.2 Å². The van der Waals surface area contributed by atoms with Crippen molar-refractivity contribution in [1.29, 1.82) is 0 Å². The Labute approximate surface area is 163 Å². The van der Waals surface area contributed by atoms with Crippen LogP contribution < -0.4 is 5.32 Å². The van der Waals surface area contributed by atoms with Gasteiger partial charge in [0.1, 0.15) is 5.82 Å². The molecule has 2 heterocycles. The standard InChI is InChI=1S/C20H16F4N4O/c1-28-12-15(10-26-28)19-14(9-25-11-17(19)21)4-7-18(29)27-16-5-2-13(3-6-16)8-20(22,23)24/h2-7,9-12H,8H2,1H3,(H,27,29)/b7-4+. The van der Waals surface area contributed by atoms with Crippen molar-refractivity contribution in [1.82, 2.24) is 14.8 Å². The zero-order chi connectivity index (χ0) is 21.0. The highest BCUT2D eigenvalue weighted by molar-refractivity contribution is 6.02. The van der Waals surface area contributed by atoms with Gasteiger partial charge in [0.25, 0.3) is 0 Å². The first kappa shape index (κ1) is 20.2. The Morgan fingerprint density at radius 1 is 1.17 bits per heavy atom. The van der Waals surface area contributed by atoms with Gasteiger partial charge in [-0.15, -0.1) is 0 Å². The second-order valence-electron chi connectivity index (χ2n) is 6.30. The van der Waals surface area contributed by atoms with Crippen LogP contribution in [0.25, 0.3) is 17.2 Å². The monoisotopic (exact) mass is 404 g/mol. The molecule has 150 valence electrons. The van der Waals surface area contributed by atoms with Crippen LogP contribution in [0.5, 0.6) is 0 Å². The van der Waals surface area contributed by atoms with Crippen molar-refractivity contribution in [3.63, 3.8) is 0 Å². The van der Waals surface area contributed by atoms with E-state index in [1.165, 1.54) is 53.5 Å². The lowest BCUT2D eigenvalue weighted by molar-refractivity contribution is -0.127. The maximum absolute atomic E-state index is 14.3. The van der Waals surface area contributed by atoms with E-state index < -0.39 is 24.3 Å². The lowest BCUT2D eigenvalue weighted by Crippen LogP contribution is -2.12. The Morgan fingerprint density at radius 3 is 2.52 bits per heavy atom. The molecule has 0 radical (unpaired) electrons. The SMILES string of the molecule is Cn1cc(-c2c(F)cncc2/C=C/C(=O)Nc2ccc(CC(F)(F)F)cc2)cn1. The summed E-state index contributed by atoms with van der Waals surface area (Å²) >= 11 is 0. The van der Waals surface area contributed by atoms with E-state index in [0.29, 0.717) is 16.8 Å². The van der Waals surface area contributed by atoms with E-state index in [-0.39, 0.29) is 11.1 Å². The van der Waals surface area contributed by atoms with Crippen LogP contribution in [0.15, 0.2) is 55.1 Å². The van der Waals surface area contributed by atoms with Crippen molar-refractivity contribution in [2.24, 2.45) is 7.05 Å². The minimum absolute atomic E-state index is 0.0954. The fourth-order valence-electron chi connectivity index (χ4n) is 2.72. The Kier molecular flexibility index (Phi) is 5.76. The predicted molar refractivity (Wildman–Crippen MR) is 100 cm³/mol. The summed E-state index contributed by atoms with van der Waals surface area (Å²) in [6.45, 7) is 0. The number of hydrogen-bond acceptors (Lipinski definition) is 3. The first-order valence-electron chi connectivity index (χ1n) is 8.48. The summed E-state index contributed by atoms with van der Waals surface area (Å²) in [5.41, 5.74) is 1.61. The molecule has 0 unspecified atom stereocenters. The molecule has 1 N–H and O–H groups in total. The van der Waals surface area contributed by atoms with Crippen molar-refractivity contribution in [2.75, 3.05) is 5.32 Å². The largest absolute Gasteiger partial charge is 0.393 e. The number of aromatic nitrogens is 3. The number of amides is 1. The third kappa shape index (κ3) is 5.50. The van der Waals surface area contributed by atoms with Gasteiger partial charge >= 0.3 is 6.18 Å². The van der Waals surface area contributed by atoms with Crippen LogP contribution in [-0.2, 0) is 18.3 Å². The molecule has 0 bridgehead atoms. The minimum Gasteiger partial charge on any atom is -0.323 e. The molecule has 0 spiro atoms. The summed E-state index contributed by atoms with van der Waals surface area (Å²) in [4.78, 5) is 15.9. The second-order valence-corrected chi connectivity index (χ2v) is 6.30. The molecule has 0 saturated carbocycles. The van der Waals surface area contributed by atoms with E-state index in [1.807, 2.05) is 0 Å². The van der Waals surface area contributed by atoms with E-state index in [0.717, 1.165) is 6.20 Å². The number of anilines is 1. The molecule has 29 heavy (non-hydrogen) atoms. The van der Waals surface area contributed by atoms with Crippen molar-refractivity contribution >= 4 is 17.7 Å². The highest BCUT2D eigenvalue weighted by Crippen LogP contribution is 2.27. The van der Waals surface area contributed by atoms with Gasteiger partial charge in [0, 0.05) is 47.9 Å². The lowest BCUT2D eigenvalue weighted by atomic mass is 10.0. The van der Waals surface area contributed by atoms with Crippen LogP contribution in [0.3, 0.4) is 0 Å². The number of nitrogens with one attached hydrogen (secondary N) is 1. The van der Waals surface area contributed by atoms with Crippen molar-refractivity contribution in [3.8, 4) is 11.1 Å². The molecule has 2 aromatic heterocycles. The molecule has 0 aliphatic carbocycles. The molecule has 0 saturated heterocycles. The van der Waals surface area contributed by atoms with Crippen LogP contribution in [-0.4, -0.2) is 26.8 Å². The minimum atomic E-state index is -4.29. The summed E-state index contributed by atoms with van der Waals surface area (Å²) in [5, 5.41) is 6.55. The number of pyridine rings is 1. The molecule has 1 amide bonds. The van der Waals surface area contributed by atoms with Gasteiger partial charge in [0.15, 0.2) is 0 Å². The smallest absolute Gasteiger partial charge is 0.323 e. The number of nitrogens with zero attached hydrogens (tertiary/aromatic N) is 3. The zero-order valence-corrected chi connectivity index (χ0v) is 15.2. The number of carbonyl (C=O) groups is 1. The van der Waals surface area contributed by atoms with E-state index in [9.17, 15) is 22.4 Å². The Hall–Kier alpha value is -3.49. The van der Waals surface area contributed by atoms with E-state index in [1.54, 1.807) is 13.2 Å². The maximum Gasteiger partial charge on any atom is 0.393 e. The number of hydrogen-bond donors (Lipinski definition) is 1. The second kappa shape index (κ2) is 8.26. The Bertz CT molecular complexity index is 1040. The third-order valence-electron chi connectivity index (χ3n) is 3.96. The molecule has 9 heteroatoms. The molecular formula is C20H16F4N4O. The molecule has 5 nitrogen and oxygen atoms in total. The van der Waals surface area contributed by atoms with Crippen molar-refractivity contribution in [3.05, 3.63) is 72.1 Å². The van der Waals surface area contributed by atoms with Crippen LogP contribution in [0.1, 0.15) is 11.1 Å². The topological polar surface area (TPSA) is 59.8 Å². The summed E-state index contributed by atoms with van der Waals surface area (Å²) in [6.07, 6.45) is 2.90. The Morgan fingerprint density at radius 2 is 1.90 bits per heavy atom. The highest BCUT2D eigenvalue weighted by Gasteiger charge is 2.27. The molecule has 0 fully saturated rings. The maximum atomic E-state index is 14.3. The van der Waals surface area contributed by atoms with Crippen molar-refractivity contribution < 1.29 is 22.4 Å². The van der Waals surface area contributed by atoms with Crippen LogP contribution >= 0.6 is 0 Å². The average Bonchev–Trinajstić information content (AvgIpc) is 3.06. The molecule has 0 atom stereocenters. The highest BCUT2D eigenvalue weighted by atomic mass is 19.4. The predicted octanol–water partition coefficient (Wildman–Crippen LogP) is 4.38. The van der Waals surface area contributed by atoms with E-state index >= 15 is 0 Å². The quantitative estimate of drug-likeness (QED) is 0.507. The molecular weight excluding hydrogens is 388 g/mol. The van der Waals surface area contributed by atoms with Gasteiger partial charge in [-0.1, -0.05) is 12.1 Å². The van der Waals surface area contributed by atoms with Gasteiger partial charge in [0.2, 0.25) is 5.91 Å². The third-order valence-corrected chi connectivity index (χ3v) is 3.96. The molecule has 1 aromatic carbocycles. The number of rotatable bonds is 5. The molecule has 3 rings (SSSR count). The summed E-state index contributed by atoms with van der Waals surface area (Å²) in [6, 6.07) is 5.36. The number of alkyl halides is 3. The van der Waals surface area contributed by atoms with E-state index in [2.05, 4.69) is 15.4 Å². The first-order valence-corrected chi connectivity index (χ1v) is 8.48. The summed E-state index contributed by atoms with van der Waals surface area (Å²) in [7, 11) is 1.70. The summed E-state index contributed by atoms with van der Waals surface area (Å²) < 4.78 is 52.9. The average molecular weight is 404 g/mol. The van der Waals surface area contributed by atoms with Gasteiger partial charge in [-0.3, -0.25) is 14.5 Å². The molecule has 0 aliphatic rings. The summed E-state index contributed by atoms with van der Waals surface area (Å²) in [5.74, 6) is -1.07. The Balaban J connectivity index is 1.72. The number of carbonyl (C=O) groups excluding carboxylic acids is 1. The van der Waals surface area contributed by atoms with E-state index in [4.69, 9.17) is 0 Å². The first-order chi connectivity index (χ1) is 13.7. The van der Waals surface area contributed by atoms with Crippen molar-refractivity contribution in [2.45, 2.75) is 12.6 Å². The van der Waals surface area contributed by atoms with Crippen LogP contribution in [0, 0.1) is 5.82 Å². The molecule has 3 aromatic rings. The number of aryl methyl sites for hydroxylation is 1. The van der Waals surface area contributed by atoms with Gasteiger partial charge in [-0.2, -0.15) is 18.3 Å². The van der Waals surface area contributed by atoms with Gasteiger partial charge in [-0.25, -0.2) is 4.39 Å². The lowest BCUT2D eigenvalue weighted by Gasteiger charge is -2.08. The molecule has 0 aliphatic heterocycles. The zero-order valence-electron chi connectivity index (χ0n) is 15.2. The number of halogens is 4. The normalized spacial score (nSPS) is 11.8. The van der Waals surface area contributed by atoms with Gasteiger partial charge in [-0.05, 0) is 23.8 Å². The van der Waals surface area contributed by atoms with Gasteiger partial charge < -0.3 is 5.32 Å². The fraction of sp³-hybridized carbons (Fsp3) is 0.150. The fourth-order valence-corrected chi connectivity index (χ4v) is 2.72. The van der Waals surface area contributed by atoms with Gasteiger partial charge in [0.05, 0.1) is 18.8 Å².